The topological polar surface area (TPSA) is 57.7 Å². The molecular formula is C24H31FN2O3S. The van der Waals surface area contributed by atoms with Gasteiger partial charge in [-0.2, -0.15) is 4.31 Å². The third-order valence-electron chi connectivity index (χ3n) is 5.80. The lowest BCUT2D eigenvalue weighted by molar-refractivity contribution is -0.116. The van der Waals surface area contributed by atoms with Crippen molar-refractivity contribution in [3.63, 3.8) is 0 Å². The molecule has 0 unspecified atom stereocenters. The number of carbonyl (C=O) groups excluding carboxylic acids is 1. The molecule has 0 bridgehead atoms. The number of sulfonamides is 1. The summed E-state index contributed by atoms with van der Waals surface area (Å²) in [4.78, 5) is 14.3. The van der Waals surface area contributed by atoms with Crippen LogP contribution in [0.4, 0.5) is 10.1 Å². The molecule has 1 amide bonds. The number of hydrogen-bond donors (Lipinski definition) is 0. The van der Waals surface area contributed by atoms with E-state index in [-0.39, 0.29) is 17.3 Å². The van der Waals surface area contributed by atoms with E-state index in [4.69, 9.17) is 0 Å². The van der Waals surface area contributed by atoms with Gasteiger partial charge in [-0.05, 0) is 55.2 Å². The van der Waals surface area contributed by atoms with Gasteiger partial charge < -0.3 is 4.90 Å². The van der Waals surface area contributed by atoms with E-state index in [1.54, 1.807) is 18.7 Å². The fourth-order valence-electron chi connectivity index (χ4n) is 4.14. The molecule has 1 aliphatic rings. The van der Waals surface area contributed by atoms with Crippen LogP contribution >= 0.6 is 0 Å². The third-order valence-corrected chi connectivity index (χ3v) is 7.81. The molecule has 2 aromatic carbocycles. The normalized spacial score (nSPS) is 17.2. The number of hydrogen-bond acceptors (Lipinski definition) is 3. The van der Waals surface area contributed by atoms with Crippen LogP contribution in [0.25, 0.3) is 0 Å². The Morgan fingerprint density at radius 2 is 1.58 bits per heavy atom. The highest BCUT2D eigenvalue weighted by Crippen LogP contribution is 2.28. The molecule has 0 atom stereocenters. The Labute approximate surface area is 184 Å². The minimum absolute atomic E-state index is 0.0499. The minimum Gasteiger partial charge on any atom is -0.312 e. The number of benzene rings is 2. The number of fused-ring (bicyclic) bond motifs is 1. The van der Waals surface area contributed by atoms with E-state index >= 15 is 0 Å². The van der Waals surface area contributed by atoms with Crippen LogP contribution in [-0.2, 0) is 21.4 Å². The molecule has 7 heteroatoms. The van der Waals surface area contributed by atoms with Gasteiger partial charge in [0.1, 0.15) is 5.82 Å². The zero-order valence-corrected chi connectivity index (χ0v) is 19.1. The van der Waals surface area contributed by atoms with E-state index in [1.165, 1.54) is 22.5 Å². The van der Waals surface area contributed by atoms with Crippen LogP contribution in [0.3, 0.4) is 0 Å². The largest absolute Gasteiger partial charge is 0.312 e. The quantitative estimate of drug-likeness (QED) is 0.650. The first-order valence-corrected chi connectivity index (χ1v) is 12.4. The summed E-state index contributed by atoms with van der Waals surface area (Å²) in [5.41, 5.74) is 1.94. The van der Waals surface area contributed by atoms with Crippen molar-refractivity contribution in [3.8, 4) is 0 Å². The number of amides is 1. The lowest BCUT2D eigenvalue weighted by atomic mass is 10.1. The molecule has 1 heterocycles. The monoisotopic (exact) mass is 446 g/mol. The molecule has 0 N–H and O–H groups in total. The fourth-order valence-corrected chi connectivity index (χ4v) is 5.80. The second kappa shape index (κ2) is 10.4. The van der Waals surface area contributed by atoms with Crippen LogP contribution in [0.15, 0.2) is 47.4 Å². The van der Waals surface area contributed by atoms with Gasteiger partial charge in [-0.25, -0.2) is 12.8 Å². The molecule has 0 aliphatic carbocycles. The molecule has 0 saturated heterocycles. The van der Waals surface area contributed by atoms with Crippen LogP contribution < -0.4 is 4.90 Å². The number of carbonyl (C=O) groups is 1. The first kappa shape index (κ1) is 23.4. The van der Waals surface area contributed by atoms with Gasteiger partial charge in [0.25, 0.3) is 0 Å². The zero-order chi connectivity index (χ0) is 22.4. The van der Waals surface area contributed by atoms with Gasteiger partial charge in [-0.15, -0.1) is 0 Å². The Morgan fingerprint density at radius 1 is 0.935 bits per heavy atom. The molecule has 0 fully saturated rings. The molecule has 3 rings (SSSR count). The van der Waals surface area contributed by atoms with Crippen LogP contribution in [0.5, 0.6) is 0 Å². The van der Waals surface area contributed by atoms with Gasteiger partial charge in [0.2, 0.25) is 15.9 Å². The standard InChI is InChI=1S/C24H31FN2O3S/c1-19-17-22(25)13-14-24(19)31(29,30)26-15-9-5-3-4-6-10-16-27(20(2)28)23-12-8-7-11-21(23)18-26/h7-8,11-14,17H,3-6,9-10,15-16,18H2,1-2H3. The van der Waals surface area contributed by atoms with Crippen LogP contribution in [0.2, 0.25) is 0 Å². The molecule has 0 saturated carbocycles. The van der Waals surface area contributed by atoms with Crippen molar-refractivity contribution in [2.75, 3.05) is 18.0 Å². The summed E-state index contributed by atoms with van der Waals surface area (Å²) in [6.45, 7) is 4.33. The van der Waals surface area contributed by atoms with E-state index < -0.39 is 15.8 Å². The van der Waals surface area contributed by atoms with Gasteiger partial charge in [0, 0.05) is 32.2 Å². The van der Waals surface area contributed by atoms with Gasteiger partial charge in [-0.1, -0.05) is 43.9 Å². The Hall–Kier alpha value is -2.25. The summed E-state index contributed by atoms with van der Waals surface area (Å²) < 4.78 is 42.2. The van der Waals surface area contributed by atoms with Crippen LogP contribution in [0, 0.1) is 12.7 Å². The van der Waals surface area contributed by atoms with E-state index in [9.17, 15) is 17.6 Å². The maximum Gasteiger partial charge on any atom is 0.243 e. The first-order valence-electron chi connectivity index (χ1n) is 10.9. The number of anilines is 1. The SMILES string of the molecule is CC(=O)N1CCCCCCCCN(S(=O)(=O)c2ccc(F)cc2C)Cc2ccccc21. The fraction of sp³-hybridized carbons (Fsp3) is 0.458. The molecule has 5 nitrogen and oxygen atoms in total. The smallest absolute Gasteiger partial charge is 0.243 e. The van der Waals surface area contributed by atoms with E-state index in [1.807, 2.05) is 24.3 Å². The minimum atomic E-state index is -3.82. The second-order valence-electron chi connectivity index (χ2n) is 8.17. The van der Waals surface area contributed by atoms with Gasteiger partial charge in [0.15, 0.2) is 0 Å². The molecular weight excluding hydrogens is 415 g/mol. The Kier molecular flexibility index (Phi) is 7.84. The molecule has 0 spiro atoms. The highest BCUT2D eigenvalue weighted by atomic mass is 32.2. The molecule has 2 aromatic rings. The van der Waals surface area contributed by atoms with Gasteiger partial charge >= 0.3 is 0 Å². The molecule has 168 valence electrons. The second-order valence-corrected chi connectivity index (χ2v) is 10.1. The highest BCUT2D eigenvalue weighted by molar-refractivity contribution is 7.89. The van der Waals surface area contributed by atoms with Gasteiger partial charge in [0.05, 0.1) is 4.90 Å². The maximum atomic E-state index is 13.6. The van der Waals surface area contributed by atoms with Gasteiger partial charge in [-0.3, -0.25) is 4.79 Å². The molecule has 0 radical (unpaired) electrons. The number of halogens is 1. The Balaban J connectivity index is 2.03. The summed E-state index contributed by atoms with van der Waals surface area (Å²) in [7, 11) is -3.82. The number of aryl methyl sites for hydroxylation is 1. The summed E-state index contributed by atoms with van der Waals surface area (Å²) >= 11 is 0. The third kappa shape index (κ3) is 5.71. The van der Waals surface area contributed by atoms with Crippen molar-refractivity contribution in [2.24, 2.45) is 0 Å². The van der Waals surface area contributed by atoms with Crippen LogP contribution in [-0.4, -0.2) is 31.7 Å². The molecule has 31 heavy (non-hydrogen) atoms. The predicted molar refractivity (Wildman–Crippen MR) is 121 cm³/mol. The van der Waals surface area contributed by atoms with E-state index in [2.05, 4.69) is 0 Å². The van der Waals surface area contributed by atoms with Crippen molar-refractivity contribution < 1.29 is 17.6 Å². The number of para-hydroxylation sites is 1. The number of nitrogens with zero attached hydrogens (tertiary/aromatic N) is 2. The average molecular weight is 447 g/mol. The Bertz CT molecular complexity index is 1020. The summed E-state index contributed by atoms with van der Waals surface area (Å²) in [6.07, 6.45) is 5.78. The van der Waals surface area contributed by atoms with Crippen molar-refractivity contribution in [1.29, 1.82) is 0 Å². The lowest BCUT2D eigenvalue weighted by Crippen LogP contribution is -2.34. The lowest BCUT2D eigenvalue weighted by Gasteiger charge is -2.27. The van der Waals surface area contributed by atoms with Crippen molar-refractivity contribution in [2.45, 2.75) is 63.8 Å². The average Bonchev–Trinajstić information content (AvgIpc) is 2.73. The molecule has 0 aromatic heterocycles. The summed E-state index contributed by atoms with van der Waals surface area (Å²) in [5, 5.41) is 0. The zero-order valence-electron chi connectivity index (χ0n) is 18.3. The maximum absolute atomic E-state index is 13.6. The van der Waals surface area contributed by atoms with Crippen molar-refractivity contribution in [3.05, 3.63) is 59.4 Å². The van der Waals surface area contributed by atoms with Crippen LogP contribution in [0.1, 0.15) is 56.6 Å². The predicted octanol–water partition coefficient (Wildman–Crippen LogP) is 5.03. The first-order chi connectivity index (χ1) is 14.8. The highest BCUT2D eigenvalue weighted by Gasteiger charge is 2.28. The molecule has 1 aliphatic heterocycles. The van der Waals surface area contributed by atoms with E-state index in [0.717, 1.165) is 49.8 Å². The van der Waals surface area contributed by atoms with Crippen molar-refractivity contribution >= 4 is 21.6 Å². The Morgan fingerprint density at radius 3 is 2.26 bits per heavy atom. The van der Waals surface area contributed by atoms with E-state index in [0.29, 0.717) is 18.7 Å². The van der Waals surface area contributed by atoms with Crippen molar-refractivity contribution in [1.82, 2.24) is 4.31 Å². The number of rotatable bonds is 2. The summed E-state index contributed by atoms with van der Waals surface area (Å²) in [5.74, 6) is -0.505. The summed E-state index contributed by atoms with van der Waals surface area (Å²) in [6, 6.07) is 11.3.